The number of amides is 2. The molecule has 0 saturated heterocycles. The molecule has 0 spiro atoms. The van der Waals surface area contributed by atoms with Crippen molar-refractivity contribution in [2.45, 2.75) is 44.9 Å². The molecule has 0 aliphatic rings. The molecule has 10 heteroatoms. The average molecular weight is 498 g/mol. The summed E-state index contributed by atoms with van der Waals surface area (Å²) in [6.45, 7) is 6.97. The summed E-state index contributed by atoms with van der Waals surface area (Å²) in [5.41, 5.74) is 1.59. The lowest BCUT2D eigenvalue weighted by Gasteiger charge is -2.15. The number of aromatic nitrogens is 3. The number of ether oxygens (including phenoxy) is 2. The second-order valence-corrected chi connectivity index (χ2v) is 8.64. The molecule has 0 unspecified atom stereocenters. The SMILES string of the molecule is CCOc1ccc(NC(=O)CSc2nnc([C@@H](C)NC(=O)Cc3ccc(OC)cc3)n2CC)cc1. The van der Waals surface area contributed by atoms with E-state index in [9.17, 15) is 9.59 Å². The Morgan fingerprint density at radius 1 is 1.00 bits per heavy atom. The highest BCUT2D eigenvalue weighted by Gasteiger charge is 2.20. The van der Waals surface area contributed by atoms with Gasteiger partial charge in [0.1, 0.15) is 11.5 Å². The van der Waals surface area contributed by atoms with Crippen molar-refractivity contribution in [2.24, 2.45) is 0 Å². The molecular weight excluding hydrogens is 466 g/mol. The Morgan fingerprint density at radius 3 is 2.31 bits per heavy atom. The molecule has 1 heterocycles. The van der Waals surface area contributed by atoms with Gasteiger partial charge in [0.2, 0.25) is 11.8 Å². The van der Waals surface area contributed by atoms with Crippen molar-refractivity contribution >= 4 is 29.3 Å². The first-order chi connectivity index (χ1) is 16.9. The van der Waals surface area contributed by atoms with Gasteiger partial charge in [0.05, 0.1) is 31.9 Å². The van der Waals surface area contributed by atoms with E-state index in [2.05, 4.69) is 20.8 Å². The van der Waals surface area contributed by atoms with E-state index < -0.39 is 0 Å². The fourth-order valence-electron chi connectivity index (χ4n) is 3.44. The fraction of sp³-hybridized carbons (Fsp3) is 0.360. The van der Waals surface area contributed by atoms with Crippen molar-refractivity contribution in [1.29, 1.82) is 0 Å². The first-order valence-corrected chi connectivity index (χ1v) is 12.4. The Kier molecular flexibility index (Phi) is 9.54. The lowest BCUT2D eigenvalue weighted by atomic mass is 10.1. The van der Waals surface area contributed by atoms with E-state index in [1.807, 2.05) is 61.7 Å². The molecule has 3 aromatic rings. The molecular formula is C25H31N5O4S. The highest BCUT2D eigenvalue weighted by atomic mass is 32.2. The molecule has 0 saturated carbocycles. The van der Waals surface area contributed by atoms with Crippen LogP contribution in [0.3, 0.4) is 0 Å². The Balaban J connectivity index is 1.54. The number of thioether (sulfide) groups is 1. The maximum absolute atomic E-state index is 12.5. The zero-order valence-corrected chi connectivity index (χ0v) is 21.2. The van der Waals surface area contributed by atoms with Crippen LogP contribution in [0.5, 0.6) is 11.5 Å². The Morgan fingerprint density at radius 2 is 1.69 bits per heavy atom. The maximum Gasteiger partial charge on any atom is 0.234 e. The first kappa shape index (κ1) is 26.1. The Bertz CT molecular complexity index is 1120. The van der Waals surface area contributed by atoms with Gasteiger partial charge in [-0.2, -0.15) is 0 Å². The number of rotatable bonds is 12. The molecule has 1 aromatic heterocycles. The number of carbonyl (C=O) groups excluding carboxylic acids is 2. The van der Waals surface area contributed by atoms with Crippen LogP contribution in [0.4, 0.5) is 5.69 Å². The largest absolute Gasteiger partial charge is 0.497 e. The number of methoxy groups -OCH3 is 1. The predicted molar refractivity (Wildman–Crippen MR) is 136 cm³/mol. The second-order valence-electron chi connectivity index (χ2n) is 7.69. The molecule has 0 radical (unpaired) electrons. The van der Waals surface area contributed by atoms with Gasteiger partial charge in [-0.25, -0.2) is 0 Å². The lowest BCUT2D eigenvalue weighted by molar-refractivity contribution is -0.121. The summed E-state index contributed by atoms with van der Waals surface area (Å²) < 4.78 is 12.5. The molecule has 2 N–H and O–H groups in total. The monoisotopic (exact) mass is 497 g/mol. The maximum atomic E-state index is 12.5. The Labute approximate surface area is 209 Å². The number of nitrogens with one attached hydrogen (secondary N) is 2. The molecule has 186 valence electrons. The van der Waals surface area contributed by atoms with Crippen molar-refractivity contribution < 1.29 is 19.1 Å². The third-order valence-electron chi connectivity index (χ3n) is 5.13. The van der Waals surface area contributed by atoms with Gasteiger partial charge in [0, 0.05) is 12.2 Å². The van der Waals surface area contributed by atoms with Crippen molar-refractivity contribution in [1.82, 2.24) is 20.1 Å². The van der Waals surface area contributed by atoms with Crippen LogP contribution in [-0.2, 0) is 22.6 Å². The number of anilines is 1. The zero-order chi connectivity index (χ0) is 25.2. The van der Waals surface area contributed by atoms with E-state index in [1.165, 1.54) is 11.8 Å². The summed E-state index contributed by atoms with van der Waals surface area (Å²) in [5, 5.41) is 15.0. The first-order valence-electron chi connectivity index (χ1n) is 11.4. The molecule has 35 heavy (non-hydrogen) atoms. The number of hydrogen-bond donors (Lipinski definition) is 2. The van der Waals surface area contributed by atoms with E-state index in [0.29, 0.717) is 29.8 Å². The van der Waals surface area contributed by atoms with E-state index in [1.54, 1.807) is 19.2 Å². The van der Waals surface area contributed by atoms with Crippen LogP contribution in [0.25, 0.3) is 0 Å². The summed E-state index contributed by atoms with van der Waals surface area (Å²) in [6, 6.07) is 14.3. The molecule has 9 nitrogen and oxygen atoms in total. The molecule has 2 aromatic carbocycles. The standard InChI is InChI=1S/C25H31N5O4S/c1-5-30-24(17(3)26-22(31)15-18-7-11-20(33-4)12-8-18)28-29-25(30)35-16-23(32)27-19-9-13-21(14-10-19)34-6-2/h7-14,17H,5-6,15-16H2,1-4H3,(H,26,31)(H,27,32)/t17-/m1/s1. The molecule has 0 aliphatic carbocycles. The summed E-state index contributed by atoms with van der Waals surface area (Å²) >= 11 is 1.30. The van der Waals surface area contributed by atoms with Crippen LogP contribution in [0.1, 0.15) is 38.2 Å². The number of nitrogens with zero attached hydrogens (tertiary/aromatic N) is 3. The van der Waals surface area contributed by atoms with Gasteiger partial charge < -0.3 is 24.7 Å². The Hall–Kier alpha value is -3.53. The van der Waals surface area contributed by atoms with Gasteiger partial charge in [-0.05, 0) is 62.7 Å². The van der Waals surface area contributed by atoms with Crippen molar-refractivity contribution in [3.63, 3.8) is 0 Å². The summed E-state index contributed by atoms with van der Waals surface area (Å²) in [7, 11) is 1.61. The van der Waals surface area contributed by atoms with Gasteiger partial charge in [-0.1, -0.05) is 23.9 Å². The molecule has 0 bridgehead atoms. The number of hydrogen-bond acceptors (Lipinski definition) is 7. The normalized spacial score (nSPS) is 11.5. The fourth-order valence-corrected chi connectivity index (χ4v) is 4.25. The third-order valence-corrected chi connectivity index (χ3v) is 6.10. The van der Waals surface area contributed by atoms with Crippen LogP contribution in [0, 0.1) is 0 Å². The number of benzene rings is 2. The van der Waals surface area contributed by atoms with Crippen LogP contribution in [0.15, 0.2) is 53.7 Å². The van der Waals surface area contributed by atoms with Crippen molar-refractivity contribution in [3.8, 4) is 11.5 Å². The molecule has 2 amide bonds. The highest BCUT2D eigenvalue weighted by Crippen LogP contribution is 2.22. The summed E-state index contributed by atoms with van der Waals surface area (Å²) in [6.07, 6.45) is 0.252. The topological polar surface area (TPSA) is 107 Å². The minimum absolute atomic E-state index is 0.114. The van der Waals surface area contributed by atoms with E-state index >= 15 is 0 Å². The van der Waals surface area contributed by atoms with E-state index in [-0.39, 0.29) is 30.0 Å². The van der Waals surface area contributed by atoms with Crippen LogP contribution < -0.4 is 20.1 Å². The lowest BCUT2D eigenvalue weighted by Crippen LogP contribution is -2.30. The van der Waals surface area contributed by atoms with Gasteiger partial charge in [0.25, 0.3) is 0 Å². The molecule has 1 atom stereocenters. The minimum atomic E-state index is -0.333. The molecule has 3 rings (SSSR count). The minimum Gasteiger partial charge on any atom is -0.497 e. The predicted octanol–water partition coefficient (Wildman–Crippen LogP) is 3.86. The van der Waals surface area contributed by atoms with Crippen LogP contribution in [-0.4, -0.2) is 46.0 Å². The molecule has 0 aliphatic heterocycles. The number of carbonyl (C=O) groups is 2. The average Bonchev–Trinajstić information content (AvgIpc) is 3.27. The van der Waals surface area contributed by atoms with Gasteiger partial charge in [0.15, 0.2) is 11.0 Å². The van der Waals surface area contributed by atoms with Crippen molar-refractivity contribution in [3.05, 3.63) is 59.9 Å². The van der Waals surface area contributed by atoms with E-state index in [4.69, 9.17) is 9.47 Å². The summed E-state index contributed by atoms with van der Waals surface area (Å²) in [4.78, 5) is 24.9. The van der Waals surface area contributed by atoms with Gasteiger partial charge >= 0.3 is 0 Å². The second kappa shape index (κ2) is 12.8. The summed E-state index contributed by atoms with van der Waals surface area (Å²) in [5.74, 6) is 2.07. The van der Waals surface area contributed by atoms with Gasteiger partial charge in [-0.15, -0.1) is 10.2 Å². The highest BCUT2D eigenvalue weighted by molar-refractivity contribution is 7.99. The smallest absolute Gasteiger partial charge is 0.234 e. The van der Waals surface area contributed by atoms with E-state index in [0.717, 1.165) is 17.1 Å². The quantitative estimate of drug-likeness (QED) is 0.366. The van der Waals surface area contributed by atoms with Gasteiger partial charge in [-0.3, -0.25) is 9.59 Å². The van der Waals surface area contributed by atoms with Crippen LogP contribution in [0.2, 0.25) is 0 Å². The molecule has 0 fully saturated rings. The van der Waals surface area contributed by atoms with Crippen molar-refractivity contribution in [2.75, 3.05) is 24.8 Å². The zero-order valence-electron chi connectivity index (χ0n) is 20.4. The third kappa shape index (κ3) is 7.48. The van der Waals surface area contributed by atoms with Crippen LogP contribution >= 0.6 is 11.8 Å².